The molecule has 0 aliphatic heterocycles. The summed E-state index contributed by atoms with van der Waals surface area (Å²) in [6, 6.07) is 4.31. The fourth-order valence-electron chi connectivity index (χ4n) is 1.88. The molecule has 0 saturated carbocycles. The van der Waals surface area contributed by atoms with Gasteiger partial charge >= 0.3 is 0 Å². The summed E-state index contributed by atoms with van der Waals surface area (Å²) < 4.78 is 0.941. The highest BCUT2D eigenvalue weighted by atomic mass is 79.9. The zero-order chi connectivity index (χ0) is 13.0. The van der Waals surface area contributed by atoms with Crippen LogP contribution in [0.25, 0.3) is 11.0 Å². The Balaban J connectivity index is 2.22. The summed E-state index contributed by atoms with van der Waals surface area (Å²) in [7, 11) is 0. The average Bonchev–Trinajstić information content (AvgIpc) is 2.36. The Labute approximate surface area is 115 Å². The maximum atomic E-state index is 5.52. The molecule has 0 spiro atoms. The van der Waals surface area contributed by atoms with Crippen LogP contribution in [0.15, 0.2) is 29.0 Å². The molecule has 0 saturated heterocycles. The van der Waals surface area contributed by atoms with Gasteiger partial charge in [-0.15, -0.1) is 0 Å². The number of pyridine rings is 2. The summed E-state index contributed by atoms with van der Waals surface area (Å²) in [5.74, 6) is 0. The Morgan fingerprint density at radius 3 is 3.06 bits per heavy atom. The molecule has 5 heteroatoms. The molecule has 2 aromatic heterocycles. The second-order valence-corrected chi connectivity index (χ2v) is 5.27. The van der Waals surface area contributed by atoms with E-state index in [4.69, 9.17) is 5.73 Å². The monoisotopic (exact) mass is 308 g/mol. The van der Waals surface area contributed by atoms with Crippen LogP contribution in [-0.2, 0) is 0 Å². The van der Waals surface area contributed by atoms with Crippen LogP contribution in [0.2, 0.25) is 0 Å². The zero-order valence-corrected chi connectivity index (χ0v) is 11.9. The van der Waals surface area contributed by atoms with Crippen molar-refractivity contribution in [1.29, 1.82) is 0 Å². The van der Waals surface area contributed by atoms with Gasteiger partial charge in [0, 0.05) is 22.9 Å². The number of nitrogens with one attached hydrogen (secondary N) is 1. The van der Waals surface area contributed by atoms with Crippen molar-refractivity contribution in [3.05, 3.63) is 29.0 Å². The number of halogens is 1. The van der Waals surface area contributed by atoms with Gasteiger partial charge in [-0.2, -0.15) is 0 Å². The third-order valence-electron chi connectivity index (χ3n) is 2.79. The number of aromatic nitrogens is 2. The molecule has 0 fully saturated rings. The molecule has 4 nitrogen and oxygen atoms in total. The number of hydrogen-bond donors (Lipinski definition) is 2. The average molecular weight is 309 g/mol. The number of nitrogens with two attached hydrogens (primary N) is 1. The lowest BCUT2D eigenvalue weighted by molar-refractivity contribution is 0.663. The topological polar surface area (TPSA) is 63.8 Å². The maximum absolute atomic E-state index is 5.52. The first kappa shape index (κ1) is 13.2. The first-order valence-corrected chi connectivity index (χ1v) is 6.87. The zero-order valence-electron chi connectivity index (χ0n) is 10.4. The van der Waals surface area contributed by atoms with Crippen molar-refractivity contribution in [3.8, 4) is 0 Å². The SMILES string of the molecule is CC(CCCN)Nc1ccnc2cc(Br)cnc12. The van der Waals surface area contributed by atoms with E-state index in [-0.39, 0.29) is 0 Å². The first-order valence-electron chi connectivity index (χ1n) is 6.07. The van der Waals surface area contributed by atoms with Gasteiger partial charge in [-0.1, -0.05) is 0 Å². The van der Waals surface area contributed by atoms with Crippen molar-refractivity contribution in [2.45, 2.75) is 25.8 Å². The summed E-state index contributed by atoms with van der Waals surface area (Å²) >= 11 is 3.41. The number of fused-ring (bicyclic) bond motifs is 1. The lowest BCUT2D eigenvalue weighted by Gasteiger charge is -2.15. The van der Waals surface area contributed by atoms with Gasteiger partial charge in [-0.25, -0.2) is 0 Å². The molecule has 0 radical (unpaired) electrons. The van der Waals surface area contributed by atoms with Crippen molar-refractivity contribution in [1.82, 2.24) is 9.97 Å². The molecule has 0 aliphatic rings. The van der Waals surface area contributed by atoms with Crippen LogP contribution in [0.1, 0.15) is 19.8 Å². The Morgan fingerprint density at radius 1 is 1.44 bits per heavy atom. The van der Waals surface area contributed by atoms with Crippen LogP contribution in [0.3, 0.4) is 0 Å². The van der Waals surface area contributed by atoms with Gasteiger partial charge in [0.2, 0.25) is 0 Å². The highest BCUT2D eigenvalue weighted by molar-refractivity contribution is 9.10. The van der Waals surface area contributed by atoms with E-state index in [1.807, 2.05) is 12.1 Å². The number of hydrogen-bond acceptors (Lipinski definition) is 4. The standard InChI is InChI=1S/C13H17BrN4/c1-9(3-2-5-15)18-11-4-6-16-12-7-10(14)8-17-13(11)12/h4,6-9H,2-3,5,15H2,1H3,(H,16,18). The van der Waals surface area contributed by atoms with Gasteiger partial charge < -0.3 is 11.1 Å². The van der Waals surface area contributed by atoms with E-state index in [2.05, 4.69) is 38.1 Å². The van der Waals surface area contributed by atoms with Crippen LogP contribution < -0.4 is 11.1 Å². The van der Waals surface area contributed by atoms with Crippen molar-refractivity contribution >= 4 is 32.7 Å². The van der Waals surface area contributed by atoms with Gasteiger partial charge in [0.1, 0.15) is 5.52 Å². The van der Waals surface area contributed by atoms with Crippen LogP contribution in [0, 0.1) is 0 Å². The first-order chi connectivity index (χ1) is 8.70. The van der Waals surface area contributed by atoms with Crippen molar-refractivity contribution < 1.29 is 0 Å². The number of anilines is 1. The van der Waals surface area contributed by atoms with Crippen LogP contribution in [-0.4, -0.2) is 22.6 Å². The molecule has 0 amide bonds. The van der Waals surface area contributed by atoms with Gasteiger partial charge in [0.25, 0.3) is 0 Å². The second-order valence-electron chi connectivity index (χ2n) is 4.36. The third-order valence-corrected chi connectivity index (χ3v) is 3.22. The summed E-state index contributed by atoms with van der Waals surface area (Å²) in [6.45, 7) is 2.88. The van der Waals surface area contributed by atoms with E-state index in [0.717, 1.165) is 40.6 Å². The Hall–Kier alpha value is -1.20. The fraction of sp³-hybridized carbons (Fsp3) is 0.385. The molecule has 96 valence electrons. The summed E-state index contributed by atoms with van der Waals surface area (Å²) in [5.41, 5.74) is 8.34. The maximum Gasteiger partial charge on any atom is 0.112 e. The summed E-state index contributed by atoms with van der Waals surface area (Å²) in [4.78, 5) is 8.74. The van der Waals surface area contributed by atoms with E-state index < -0.39 is 0 Å². The third kappa shape index (κ3) is 3.17. The van der Waals surface area contributed by atoms with Crippen LogP contribution >= 0.6 is 15.9 Å². The molecular weight excluding hydrogens is 292 g/mol. The lowest BCUT2D eigenvalue weighted by Crippen LogP contribution is -2.17. The summed E-state index contributed by atoms with van der Waals surface area (Å²) in [6.07, 6.45) is 5.67. The van der Waals surface area contributed by atoms with Crippen molar-refractivity contribution in [2.75, 3.05) is 11.9 Å². The van der Waals surface area contributed by atoms with E-state index >= 15 is 0 Å². The molecule has 1 atom stereocenters. The number of nitrogens with zero attached hydrogens (tertiary/aromatic N) is 2. The second kappa shape index (κ2) is 6.11. The molecule has 2 aromatic rings. The number of rotatable bonds is 5. The van der Waals surface area contributed by atoms with E-state index in [9.17, 15) is 0 Å². The molecule has 0 aliphatic carbocycles. The minimum absolute atomic E-state index is 0.379. The van der Waals surface area contributed by atoms with E-state index in [1.165, 1.54) is 0 Å². The molecule has 2 heterocycles. The molecular formula is C13H17BrN4. The highest BCUT2D eigenvalue weighted by Gasteiger charge is 2.07. The van der Waals surface area contributed by atoms with Crippen LogP contribution in [0.4, 0.5) is 5.69 Å². The Bertz CT molecular complexity index is 529. The van der Waals surface area contributed by atoms with Gasteiger partial charge in [0.05, 0.1) is 11.2 Å². The highest BCUT2D eigenvalue weighted by Crippen LogP contribution is 2.22. The quantitative estimate of drug-likeness (QED) is 0.891. The molecule has 2 rings (SSSR count). The molecule has 3 N–H and O–H groups in total. The Morgan fingerprint density at radius 2 is 2.28 bits per heavy atom. The normalized spacial score (nSPS) is 12.6. The van der Waals surface area contributed by atoms with Crippen molar-refractivity contribution in [3.63, 3.8) is 0 Å². The minimum Gasteiger partial charge on any atom is -0.381 e. The predicted octanol–water partition coefficient (Wildman–Crippen LogP) is 2.93. The van der Waals surface area contributed by atoms with Crippen LogP contribution in [0.5, 0.6) is 0 Å². The Kier molecular flexibility index (Phi) is 4.49. The van der Waals surface area contributed by atoms with Gasteiger partial charge in [0.15, 0.2) is 0 Å². The van der Waals surface area contributed by atoms with Gasteiger partial charge in [-0.05, 0) is 54.4 Å². The largest absolute Gasteiger partial charge is 0.381 e. The van der Waals surface area contributed by atoms with Crippen molar-refractivity contribution in [2.24, 2.45) is 5.73 Å². The molecule has 18 heavy (non-hydrogen) atoms. The molecule has 1 unspecified atom stereocenters. The fourth-order valence-corrected chi connectivity index (χ4v) is 2.20. The van der Waals surface area contributed by atoms with E-state index in [1.54, 1.807) is 12.4 Å². The van der Waals surface area contributed by atoms with E-state index in [0.29, 0.717) is 6.04 Å². The minimum atomic E-state index is 0.379. The summed E-state index contributed by atoms with van der Waals surface area (Å²) in [5, 5.41) is 3.47. The van der Waals surface area contributed by atoms with Gasteiger partial charge in [-0.3, -0.25) is 9.97 Å². The lowest BCUT2D eigenvalue weighted by atomic mass is 10.1. The molecule has 0 bridgehead atoms. The molecule has 0 aromatic carbocycles. The predicted molar refractivity (Wildman–Crippen MR) is 78.6 cm³/mol. The smallest absolute Gasteiger partial charge is 0.112 e.